The predicted molar refractivity (Wildman–Crippen MR) is 146 cm³/mol. The van der Waals surface area contributed by atoms with Crippen LogP contribution in [0.4, 0.5) is 5.69 Å². The highest BCUT2D eigenvalue weighted by Gasteiger charge is 2.06. The topological polar surface area (TPSA) is 37.2 Å². The minimum Gasteiger partial charge on any atom is -0.396 e. The molecule has 0 saturated heterocycles. The summed E-state index contributed by atoms with van der Waals surface area (Å²) in [6.07, 6.45) is 6.73. The van der Waals surface area contributed by atoms with Crippen molar-refractivity contribution in [3.05, 3.63) is 88.5 Å². The molecule has 0 radical (unpaired) electrons. The number of rotatable bonds is 11. The van der Waals surface area contributed by atoms with Crippen LogP contribution in [0.2, 0.25) is 0 Å². The van der Waals surface area contributed by atoms with Crippen LogP contribution in [0.5, 0.6) is 0 Å². The summed E-state index contributed by atoms with van der Waals surface area (Å²) in [6, 6.07) is 21.7. The maximum atomic E-state index is 5.26. The monoisotopic (exact) mass is 455 g/mol. The van der Waals surface area contributed by atoms with E-state index in [1.54, 1.807) is 6.21 Å². The summed E-state index contributed by atoms with van der Waals surface area (Å²) >= 11 is 0. The molecule has 178 valence electrons. The Labute approximate surface area is 205 Å². The molecule has 0 aliphatic heterocycles. The summed E-state index contributed by atoms with van der Waals surface area (Å²) in [5, 5.41) is 4.04. The molecule has 4 nitrogen and oxygen atoms in total. The Morgan fingerprint density at radius 3 is 2.21 bits per heavy atom. The number of benzene rings is 3. The van der Waals surface area contributed by atoms with Gasteiger partial charge in [0.05, 0.1) is 18.2 Å². The molecule has 0 unspecified atom stereocenters. The minimum absolute atomic E-state index is 0.672. The third-order valence-electron chi connectivity index (χ3n) is 6.01. The van der Waals surface area contributed by atoms with Crippen LogP contribution in [0.15, 0.2) is 70.8 Å². The molecular formula is C30H37N3O. The maximum Gasteiger partial charge on any atom is 0.117 e. The van der Waals surface area contributed by atoms with Crippen LogP contribution in [0.1, 0.15) is 54.5 Å². The molecule has 0 saturated carbocycles. The van der Waals surface area contributed by atoms with Crippen molar-refractivity contribution >= 4 is 18.2 Å². The summed E-state index contributed by atoms with van der Waals surface area (Å²) < 4.78 is 0. The number of hydrogen-bond acceptors (Lipinski definition) is 3. The van der Waals surface area contributed by atoms with Gasteiger partial charge >= 0.3 is 0 Å². The van der Waals surface area contributed by atoms with Gasteiger partial charge in [-0.1, -0.05) is 73.1 Å². The Morgan fingerprint density at radius 1 is 0.882 bits per heavy atom. The Bertz CT molecular complexity index is 1100. The summed E-state index contributed by atoms with van der Waals surface area (Å²) in [4.78, 5) is 12.0. The Hall–Kier alpha value is -3.40. The van der Waals surface area contributed by atoms with Gasteiger partial charge in [-0.15, -0.1) is 0 Å². The quantitative estimate of drug-likeness (QED) is 0.131. The first kappa shape index (κ1) is 25.2. The number of unbranched alkanes of at least 4 members (excludes halogenated alkanes) is 1. The molecule has 0 heterocycles. The molecule has 0 N–H and O–H groups in total. The smallest absolute Gasteiger partial charge is 0.117 e. The summed E-state index contributed by atoms with van der Waals surface area (Å²) in [7, 11) is 2.04. The number of hydrogen-bond donors (Lipinski definition) is 0. The van der Waals surface area contributed by atoms with Gasteiger partial charge in [0, 0.05) is 13.6 Å². The lowest BCUT2D eigenvalue weighted by molar-refractivity contribution is 0.143. The SMILES string of the molecule is CCCCO/N=C/c1ccc(-c2ccc(Cc3cc(C)c(/N=C\N(C)CC)cc3C)cc2)cc1. The van der Waals surface area contributed by atoms with Crippen LogP contribution in [0.3, 0.4) is 0 Å². The van der Waals surface area contributed by atoms with Crippen LogP contribution in [-0.4, -0.2) is 37.7 Å². The molecule has 4 heteroatoms. The highest BCUT2D eigenvalue weighted by Crippen LogP contribution is 2.26. The molecule has 0 fully saturated rings. The first-order valence-corrected chi connectivity index (χ1v) is 12.2. The van der Waals surface area contributed by atoms with E-state index in [0.29, 0.717) is 6.61 Å². The number of oxime groups is 1. The van der Waals surface area contributed by atoms with Crippen molar-refractivity contribution in [1.82, 2.24) is 4.90 Å². The van der Waals surface area contributed by atoms with Gasteiger partial charge in [-0.05, 0) is 78.6 Å². The average Bonchev–Trinajstić information content (AvgIpc) is 2.85. The number of aliphatic imine (C=N–C) groups is 1. The molecule has 0 aliphatic rings. The molecule has 3 aromatic rings. The van der Waals surface area contributed by atoms with Crippen LogP contribution in [0, 0.1) is 13.8 Å². The molecule has 3 aromatic carbocycles. The van der Waals surface area contributed by atoms with Crippen LogP contribution in [0.25, 0.3) is 11.1 Å². The number of aryl methyl sites for hydroxylation is 2. The highest BCUT2D eigenvalue weighted by atomic mass is 16.6. The van der Waals surface area contributed by atoms with Gasteiger partial charge < -0.3 is 9.74 Å². The molecule has 34 heavy (non-hydrogen) atoms. The van der Waals surface area contributed by atoms with Crippen LogP contribution >= 0.6 is 0 Å². The van der Waals surface area contributed by atoms with Crippen molar-refractivity contribution in [1.29, 1.82) is 0 Å². The fourth-order valence-corrected chi connectivity index (χ4v) is 3.59. The maximum absolute atomic E-state index is 5.26. The second-order valence-corrected chi connectivity index (χ2v) is 8.80. The van der Waals surface area contributed by atoms with E-state index in [0.717, 1.165) is 37.1 Å². The predicted octanol–water partition coefficient (Wildman–Crippen LogP) is 7.32. The summed E-state index contributed by atoms with van der Waals surface area (Å²) in [5.41, 5.74) is 9.62. The van der Waals surface area contributed by atoms with E-state index >= 15 is 0 Å². The lowest BCUT2D eigenvalue weighted by Gasteiger charge is -2.12. The Kier molecular flexibility index (Phi) is 9.45. The van der Waals surface area contributed by atoms with Gasteiger partial charge in [0.1, 0.15) is 6.61 Å². The van der Waals surface area contributed by atoms with Gasteiger partial charge in [0.25, 0.3) is 0 Å². The van der Waals surface area contributed by atoms with Crippen molar-refractivity contribution in [2.45, 2.75) is 47.0 Å². The molecule has 3 rings (SSSR count). The zero-order valence-electron chi connectivity index (χ0n) is 21.2. The van der Waals surface area contributed by atoms with Gasteiger partial charge in [-0.2, -0.15) is 0 Å². The van der Waals surface area contributed by atoms with Gasteiger partial charge in [0.2, 0.25) is 0 Å². The molecule has 0 spiro atoms. The van der Waals surface area contributed by atoms with Crippen LogP contribution in [-0.2, 0) is 11.3 Å². The van der Waals surface area contributed by atoms with E-state index in [2.05, 4.69) is 103 Å². The van der Waals surface area contributed by atoms with Gasteiger partial charge in [-0.25, -0.2) is 4.99 Å². The van der Waals surface area contributed by atoms with Crippen molar-refractivity contribution in [2.24, 2.45) is 10.1 Å². The van der Waals surface area contributed by atoms with Gasteiger partial charge in [-0.3, -0.25) is 0 Å². The van der Waals surface area contributed by atoms with E-state index in [1.807, 2.05) is 13.4 Å². The molecule has 0 atom stereocenters. The average molecular weight is 456 g/mol. The van der Waals surface area contributed by atoms with E-state index in [-0.39, 0.29) is 0 Å². The van der Waals surface area contributed by atoms with Crippen molar-refractivity contribution in [3.63, 3.8) is 0 Å². The normalized spacial score (nSPS) is 11.4. The van der Waals surface area contributed by atoms with E-state index < -0.39 is 0 Å². The molecular weight excluding hydrogens is 418 g/mol. The third-order valence-corrected chi connectivity index (χ3v) is 6.01. The standard InChI is InChI=1S/C30H37N3O/c1-6-8-17-34-32-21-26-11-15-28(16-12-26)27-13-9-25(10-14-27)20-29-18-24(4)30(19-23(29)3)31-22-33(5)7-2/h9-16,18-19,21-22H,6-8,17,20H2,1-5H3/b31-22-,32-21+. The molecule has 0 aliphatic carbocycles. The lowest BCUT2D eigenvalue weighted by Crippen LogP contribution is -2.14. The summed E-state index contributed by atoms with van der Waals surface area (Å²) in [6.45, 7) is 10.2. The lowest BCUT2D eigenvalue weighted by atomic mass is 9.96. The fraction of sp³-hybridized carbons (Fsp3) is 0.333. The highest BCUT2D eigenvalue weighted by molar-refractivity contribution is 5.80. The summed E-state index contributed by atoms with van der Waals surface area (Å²) in [5.74, 6) is 0. The molecule has 0 aromatic heterocycles. The second kappa shape index (κ2) is 12.7. The molecule has 0 bridgehead atoms. The van der Waals surface area contributed by atoms with Crippen molar-refractivity contribution in [3.8, 4) is 11.1 Å². The largest absolute Gasteiger partial charge is 0.396 e. The molecule has 0 amide bonds. The van der Waals surface area contributed by atoms with E-state index in [1.165, 1.54) is 33.4 Å². The number of nitrogens with zero attached hydrogens (tertiary/aromatic N) is 3. The first-order chi connectivity index (χ1) is 16.5. The zero-order valence-corrected chi connectivity index (χ0v) is 21.2. The zero-order chi connectivity index (χ0) is 24.3. The second-order valence-electron chi connectivity index (χ2n) is 8.80. The van der Waals surface area contributed by atoms with E-state index in [9.17, 15) is 0 Å². The minimum atomic E-state index is 0.672. The third kappa shape index (κ3) is 7.31. The van der Waals surface area contributed by atoms with Crippen molar-refractivity contribution in [2.75, 3.05) is 20.2 Å². The fourth-order valence-electron chi connectivity index (χ4n) is 3.59. The van der Waals surface area contributed by atoms with E-state index in [4.69, 9.17) is 4.84 Å². The Morgan fingerprint density at radius 2 is 1.56 bits per heavy atom. The van der Waals surface area contributed by atoms with Gasteiger partial charge in [0.15, 0.2) is 0 Å². The van der Waals surface area contributed by atoms with Crippen LogP contribution < -0.4 is 0 Å². The van der Waals surface area contributed by atoms with Crippen molar-refractivity contribution < 1.29 is 4.84 Å². The first-order valence-electron chi connectivity index (χ1n) is 12.2. The Balaban J connectivity index is 1.65.